The van der Waals surface area contributed by atoms with Crippen LogP contribution in [0.2, 0.25) is 0 Å². The second-order valence-corrected chi connectivity index (χ2v) is 4.47. The summed E-state index contributed by atoms with van der Waals surface area (Å²) in [5.41, 5.74) is 0. The molecule has 2 rings (SSSR count). The van der Waals surface area contributed by atoms with E-state index in [9.17, 15) is 0 Å². The molecular weight excluding hydrogens is 268 g/mol. The first-order valence-corrected chi connectivity index (χ1v) is 5.75. The van der Waals surface area contributed by atoms with Crippen LogP contribution in [0.15, 0.2) is 35.2 Å². The van der Waals surface area contributed by atoms with Crippen molar-refractivity contribution in [3.05, 3.63) is 41.0 Å². The fraction of sp³-hybridized carbons (Fsp3) is 0.273. The van der Waals surface area contributed by atoms with Gasteiger partial charge in [0.25, 0.3) is 0 Å². The Balaban J connectivity index is 2.18. The summed E-state index contributed by atoms with van der Waals surface area (Å²) in [5, 5.41) is 0. The molecule has 4 nitrogen and oxygen atoms in total. The lowest BCUT2D eigenvalue weighted by molar-refractivity contribution is 0.754. The number of aromatic nitrogens is 3. The van der Waals surface area contributed by atoms with Crippen LogP contribution in [0.3, 0.4) is 0 Å². The van der Waals surface area contributed by atoms with Crippen LogP contribution < -0.4 is 4.90 Å². The lowest BCUT2D eigenvalue weighted by Crippen LogP contribution is -2.20. The molecule has 0 spiro atoms. The van der Waals surface area contributed by atoms with Crippen molar-refractivity contribution in [3.8, 4) is 0 Å². The van der Waals surface area contributed by atoms with Crippen molar-refractivity contribution in [3.63, 3.8) is 0 Å². The molecule has 0 saturated heterocycles. The predicted molar refractivity (Wildman–Crippen MR) is 67.3 cm³/mol. The molecule has 0 fully saturated rings. The number of pyridine rings is 1. The standard InChI is InChI=1S/C11H13BrN4/c1-15-7-6-13-10(15)8-16(2)11-9(12)4-3-5-14-11/h3-7H,8H2,1-2H3. The van der Waals surface area contributed by atoms with E-state index in [1.54, 1.807) is 12.4 Å². The Kier molecular flexibility index (Phi) is 3.24. The molecule has 0 atom stereocenters. The van der Waals surface area contributed by atoms with Gasteiger partial charge in [-0.25, -0.2) is 9.97 Å². The molecule has 0 aliphatic carbocycles. The van der Waals surface area contributed by atoms with E-state index in [1.165, 1.54) is 0 Å². The van der Waals surface area contributed by atoms with Crippen LogP contribution in [-0.2, 0) is 13.6 Å². The summed E-state index contributed by atoms with van der Waals surface area (Å²) < 4.78 is 3.00. The maximum Gasteiger partial charge on any atom is 0.143 e. The van der Waals surface area contributed by atoms with E-state index in [0.717, 1.165) is 22.7 Å². The highest BCUT2D eigenvalue weighted by atomic mass is 79.9. The molecule has 16 heavy (non-hydrogen) atoms. The summed E-state index contributed by atoms with van der Waals surface area (Å²) in [6.07, 6.45) is 5.53. The van der Waals surface area contributed by atoms with Crippen LogP contribution in [0.4, 0.5) is 5.82 Å². The zero-order valence-electron chi connectivity index (χ0n) is 9.26. The molecule has 5 heteroatoms. The van der Waals surface area contributed by atoms with Gasteiger partial charge in [-0.3, -0.25) is 0 Å². The number of imidazole rings is 1. The third-order valence-electron chi connectivity index (χ3n) is 2.40. The molecule has 0 aliphatic heterocycles. The van der Waals surface area contributed by atoms with Gasteiger partial charge in [0, 0.05) is 32.7 Å². The van der Waals surface area contributed by atoms with E-state index >= 15 is 0 Å². The first-order chi connectivity index (χ1) is 7.68. The van der Waals surface area contributed by atoms with Gasteiger partial charge < -0.3 is 9.47 Å². The number of rotatable bonds is 3. The third-order valence-corrected chi connectivity index (χ3v) is 3.02. The molecule has 0 aliphatic rings. The highest BCUT2D eigenvalue weighted by Crippen LogP contribution is 2.22. The molecule has 0 radical (unpaired) electrons. The Morgan fingerprint density at radius 1 is 1.38 bits per heavy atom. The molecule has 0 saturated carbocycles. The van der Waals surface area contributed by atoms with Crippen molar-refractivity contribution in [2.24, 2.45) is 7.05 Å². The zero-order chi connectivity index (χ0) is 11.5. The molecule has 0 aromatic carbocycles. The van der Waals surface area contributed by atoms with Crippen LogP contribution >= 0.6 is 15.9 Å². The maximum atomic E-state index is 4.33. The lowest BCUT2D eigenvalue weighted by Gasteiger charge is -2.18. The van der Waals surface area contributed by atoms with Gasteiger partial charge in [0.15, 0.2) is 0 Å². The van der Waals surface area contributed by atoms with Gasteiger partial charge in [-0.15, -0.1) is 0 Å². The second kappa shape index (κ2) is 4.65. The molecule has 0 N–H and O–H groups in total. The summed E-state index contributed by atoms with van der Waals surface area (Å²) in [6, 6.07) is 3.89. The van der Waals surface area contributed by atoms with Crippen LogP contribution in [-0.4, -0.2) is 21.6 Å². The fourth-order valence-electron chi connectivity index (χ4n) is 1.49. The van der Waals surface area contributed by atoms with Gasteiger partial charge in [0.05, 0.1) is 11.0 Å². The van der Waals surface area contributed by atoms with Gasteiger partial charge in [-0.05, 0) is 28.1 Å². The fourth-order valence-corrected chi connectivity index (χ4v) is 2.05. The Hall–Kier alpha value is -1.36. The van der Waals surface area contributed by atoms with Crippen molar-refractivity contribution in [1.82, 2.24) is 14.5 Å². The minimum Gasteiger partial charge on any atom is -0.351 e. The normalized spacial score (nSPS) is 10.4. The van der Waals surface area contributed by atoms with Gasteiger partial charge in [-0.1, -0.05) is 0 Å². The van der Waals surface area contributed by atoms with E-state index in [4.69, 9.17) is 0 Å². The highest BCUT2D eigenvalue weighted by Gasteiger charge is 2.09. The maximum absolute atomic E-state index is 4.33. The number of halogens is 1. The minimum absolute atomic E-state index is 0.735. The van der Waals surface area contributed by atoms with Gasteiger partial charge >= 0.3 is 0 Å². The topological polar surface area (TPSA) is 34.0 Å². The third kappa shape index (κ3) is 2.24. The average Bonchev–Trinajstić information content (AvgIpc) is 2.65. The Morgan fingerprint density at radius 2 is 2.19 bits per heavy atom. The number of hydrogen-bond donors (Lipinski definition) is 0. The lowest BCUT2D eigenvalue weighted by atomic mass is 10.4. The quantitative estimate of drug-likeness (QED) is 0.865. The first-order valence-electron chi connectivity index (χ1n) is 4.96. The zero-order valence-corrected chi connectivity index (χ0v) is 10.8. The van der Waals surface area contributed by atoms with Crippen LogP contribution in [0, 0.1) is 0 Å². The predicted octanol–water partition coefficient (Wildman–Crippen LogP) is 2.21. The summed E-state index contributed by atoms with van der Waals surface area (Å²) >= 11 is 3.49. The monoisotopic (exact) mass is 280 g/mol. The summed E-state index contributed by atoms with van der Waals surface area (Å²) in [7, 11) is 3.99. The van der Waals surface area contributed by atoms with Gasteiger partial charge in [0.2, 0.25) is 0 Å². The average molecular weight is 281 g/mol. The second-order valence-electron chi connectivity index (χ2n) is 3.62. The van der Waals surface area contributed by atoms with E-state index in [-0.39, 0.29) is 0 Å². The van der Waals surface area contributed by atoms with Crippen molar-refractivity contribution >= 4 is 21.7 Å². The Morgan fingerprint density at radius 3 is 2.81 bits per heavy atom. The molecule has 84 valence electrons. The minimum atomic E-state index is 0.735. The summed E-state index contributed by atoms with van der Waals surface area (Å²) in [6.45, 7) is 0.735. The summed E-state index contributed by atoms with van der Waals surface area (Å²) in [4.78, 5) is 10.7. The van der Waals surface area contributed by atoms with E-state index in [2.05, 4.69) is 30.8 Å². The molecule has 0 unspecified atom stereocenters. The number of hydrogen-bond acceptors (Lipinski definition) is 3. The van der Waals surface area contributed by atoms with Crippen molar-refractivity contribution in [1.29, 1.82) is 0 Å². The molecule has 2 heterocycles. The van der Waals surface area contributed by atoms with Gasteiger partial charge in [0.1, 0.15) is 11.6 Å². The molecule has 0 amide bonds. The molecule has 2 aromatic rings. The highest BCUT2D eigenvalue weighted by molar-refractivity contribution is 9.10. The number of aryl methyl sites for hydroxylation is 1. The SMILES string of the molecule is CN(Cc1nccn1C)c1ncccc1Br. The largest absolute Gasteiger partial charge is 0.351 e. The van der Waals surface area contributed by atoms with Crippen molar-refractivity contribution in [2.75, 3.05) is 11.9 Å². The smallest absolute Gasteiger partial charge is 0.143 e. The number of anilines is 1. The van der Waals surface area contributed by atoms with E-state index in [0.29, 0.717) is 0 Å². The van der Waals surface area contributed by atoms with Crippen LogP contribution in [0.25, 0.3) is 0 Å². The molecular formula is C11H13BrN4. The summed E-state index contributed by atoms with van der Waals surface area (Å²) in [5.74, 6) is 1.94. The van der Waals surface area contributed by atoms with Crippen LogP contribution in [0.5, 0.6) is 0 Å². The van der Waals surface area contributed by atoms with E-state index < -0.39 is 0 Å². The number of nitrogens with zero attached hydrogens (tertiary/aromatic N) is 4. The van der Waals surface area contributed by atoms with Crippen molar-refractivity contribution in [2.45, 2.75) is 6.54 Å². The van der Waals surface area contributed by atoms with Crippen LogP contribution in [0.1, 0.15) is 5.82 Å². The van der Waals surface area contributed by atoms with E-state index in [1.807, 2.05) is 37.0 Å². The van der Waals surface area contributed by atoms with Crippen molar-refractivity contribution < 1.29 is 0 Å². The van der Waals surface area contributed by atoms with Gasteiger partial charge in [-0.2, -0.15) is 0 Å². The molecule has 0 bridgehead atoms. The Labute approximate surface area is 103 Å². The first kappa shape index (κ1) is 11.1. The molecule has 2 aromatic heterocycles. The Bertz CT molecular complexity index is 480.